The zero-order valence-electron chi connectivity index (χ0n) is 16.6. The Morgan fingerprint density at radius 2 is 1.47 bits per heavy atom. The van der Waals surface area contributed by atoms with Crippen LogP contribution in [-0.2, 0) is 20.0 Å². The second kappa shape index (κ2) is 8.18. The van der Waals surface area contributed by atoms with E-state index in [-0.39, 0.29) is 9.79 Å². The Kier molecular flexibility index (Phi) is 5.75. The molecule has 8 nitrogen and oxygen atoms in total. The van der Waals surface area contributed by atoms with Crippen LogP contribution < -0.4 is 14.2 Å². The Balaban J connectivity index is 1.50. The molecular formula is C20H24N2O6S2. The lowest BCUT2D eigenvalue weighted by atomic mass is 10.1. The summed E-state index contributed by atoms with van der Waals surface area (Å²) >= 11 is 0. The van der Waals surface area contributed by atoms with Crippen molar-refractivity contribution in [3.05, 3.63) is 48.0 Å². The molecule has 10 heteroatoms. The van der Waals surface area contributed by atoms with Crippen LogP contribution >= 0.6 is 0 Å². The highest BCUT2D eigenvalue weighted by Crippen LogP contribution is 2.33. The summed E-state index contributed by atoms with van der Waals surface area (Å²) in [6.07, 6.45) is 1.68. The van der Waals surface area contributed by atoms with Gasteiger partial charge in [-0.05, 0) is 61.7 Å². The number of benzene rings is 2. The minimum Gasteiger partial charge on any atom is -0.486 e. The molecule has 0 aliphatic carbocycles. The molecule has 1 atom stereocenters. The summed E-state index contributed by atoms with van der Waals surface area (Å²) in [4.78, 5) is 0.107. The molecule has 0 spiro atoms. The summed E-state index contributed by atoms with van der Waals surface area (Å²) in [7, 11) is -7.42. The number of fused-ring (bicyclic) bond motifs is 1. The van der Waals surface area contributed by atoms with Gasteiger partial charge in [0.1, 0.15) is 13.2 Å². The fourth-order valence-corrected chi connectivity index (χ4v) is 6.32. The van der Waals surface area contributed by atoms with Gasteiger partial charge in [-0.3, -0.25) is 0 Å². The zero-order chi connectivity index (χ0) is 21.4. The van der Waals surface area contributed by atoms with Crippen LogP contribution in [0.4, 0.5) is 0 Å². The summed E-state index contributed by atoms with van der Waals surface area (Å²) in [5.41, 5.74) is 0.732. The number of nitrogens with one attached hydrogen (secondary N) is 1. The van der Waals surface area contributed by atoms with E-state index in [4.69, 9.17) is 9.47 Å². The molecule has 1 unspecified atom stereocenters. The first-order valence-corrected chi connectivity index (χ1v) is 12.7. The van der Waals surface area contributed by atoms with Crippen molar-refractivity contribution < 1.29 is 26.3 Å². The van der Waals surface area contributed by atoms with Crippen LogP contribution in [0, 0.1) is 0 Å². The molecule has 1 N–H and O–H groups in total. The monoisotopic (exact) mass is 452 g/mol. The van der Waals surface area contributed by atoms with E-state index < -0.39 is 26.1 Å². The predicted octanol–water partition coefficient (Wildman–Crippen LogP) is 2.28. The molecule has 2 aliphatic rings. The van der Waals surface area contributed by atoms with E-state index in [9.17, 15) is 16.8 Å². The smallest absolute Gasteiger partial charge is 0.243 e. The number of ether oxygens (including phenoxy) is 2. The van der Waals surface area contributed by atoms with Crippen LogP contribution in [-0.4, -0.2) is 47.4 Å². The van der Waals surface area contributed by atoms with E-state index in [1.807, 2.05) is 0 Å². The van der Waals surface area contributed by atoms with Gasteiger partial charge >= 0.3 is 0 Å². The van der Waals surface area contributed by atoms with Gasteiger partial charge in [-0.2, -0.15) is 4.31 Å². The maximum Gasteiger partial charge on any atom is 0.243 e. The summed E-state index contributed by atoms with van der Waals surface area (Å²) in [5.74, 6) is 1.22. The molecule has 2 aliphatic heterocycles. The Bertz CT molecular complexity index is 1120. The van der Waals surface area contributed by atoms with Crippen LogP contribution in [0.2, 0.25) is 0 Å². The normalized spacial score (nSPS) is 18.3. The van der Waals surface area contributed by atoms with Gasteiger partial charge in [0.25, 0.3) is 0 Å². The maximum atomic E-state index is 12.8. The first kappa shape index (κ1) is 21.1. The first-order valence-electron chi connectivity index (χ1n) is 9.79. The molecule has 0 bridgehead atoms. The van der Waals surface area contributed by atoms with Crippen molar-refractivity contribution in [1.29, 1.82) is 0 Å². The van der Waals surface area contributed by atoms with Crippen molar-refractivity contribution in [2.24, 2.45) is 0 Å². The van der Waals surface area contributed by atoms with Crippen molar-refractivity contribution in [3.8, 4) is 11.5 Å². The minimum absolute atomic E-state index is 0.00673. The third kappa shape index (κ3) is 4.18. The topological polar surface area (TPSA) is 102 Å². The second-order valence-electron chi connectivity index (χ2n) is 7.33. The summed E-state index contributed by atoms with van der Waals surface area (Å²) in [5, 5.41) is 0. The van der Waals surface area contributed by atoms with Crippen LogP contribution in [0.5, 0.6) is 11.5 Å². The Labute approximate surface area is 176 Å². The van der Waals surface area contributed by atoms with E-state index in [0.29, 0.717) is 37.8 Å². The quantitative estimate of drug-likeness (QED) is 0.722. The molecule has 0 saturated carbocycles. The highest BCUT2D eigenvalue weighted by Gasteiger charge is 2.28. The third-order valence-corrected chi connectivity index (χ3v) is 8.70. The van der Waals surface area contributed by atoms with Crippen LogP contribution in [0.1, 0.15) is 31.4 Å². The zero-order valence-corrected chi connectivity index (χ0v) is 18.2. The molecule has 162 valence electrons. The Morgan fingerprint density at radius 3 is 2.13 bits per heavy atom. The molecule has 2 heterocycles. The molecule has 30 heavy (non-hydrogen) atoms. The van der Waals surface area contributed by atoms with Gasteiger partial charge in [-0.15, -0.1) is 0 Å². The van der Waals surface area contributed by atoms with E-state index in [2.05, 4.69) is 4.72 Å². The van der Waals surface area contributed by atoms with Gasteiger partial charge < -0.3 is 9.47 Å². The number of hydrogen-bond acceptors (Lipinski definition) is 6. The summed E-state index contributed by atoms with van der Waals surface area (Å²) in [6.45, 7) is 3.66. The van der Waals surface area contributed by atoms with Crippen molar-refractivity contribution in [1.82, 2.24) is 9.03 Å². The van der Waals surface area contributed by atoms with E-state index in [1.54, 1.807) is 25.1 Å². The lowest BCUT2D eigenvalue weighted by molar-refractivity contribution is 0.171. The first-order chi connectivity index (χ1) is 14.3. The average Bonchev–Trinajstić information content (AvgIpc) is 3.29. The van der Waals surface area contributed by atoms with Crippen molar-refractivity contribution in [2.75, 3.05) is 26.3 Å². The molecule has 2 aromatic rings. The van der Waals surface area contributed by atoms with Crippen LogP contribution in [0.3, 0.4) is 0 Å². The lowest BCUT2D eigenvalue weighted by Crippen LogP contribution is -2.28. The summed E-state index contributed by atoms with van der Waals surface area (Å²) in [6, 6.07) is 10.1. The largest absolute Gasteiger partial charge is 0.486 e. The fourth-order valence-electron chi connectivity index (χ4n) is 3.57. The molecule has 0 radical (unpaired) electrons. The van der Waals surface area contributed by atoms with Crippen molar-refractivity contribution >= 4 is 20.0 Å². The molecule has 1 fully saturated rings. The maximum absolute atomic E-state index is 12.8. The molecule has 2 aromatic carbocycles. The lowest BCUT2D eigenvalue weighted by Gasteiger charge is -2.21. The van der Waals surface area contributed by atoms with Gasteiger partial charge in [0.05, 0.1) is 9.79 Å². The van der Waals surface area contributed by atoms with Crippen molar-refractivity contribution in [3.63, 3.8) is 0 Å². The molecule has 0 aromatic heterocycles. The Hall–Kier alpha value is -2.14. The predicted molar refractivity (Wildman–Crippen MR) is 111 cm³/mol. The number of nitrogens with zero attached hydrogens (tertiary/aromatic N) is 1. The van der Waals surface area contributed by atoms with Crippen LogP contribution in [0.25, 0.3) is 0 Å². The van der Waals surface area contributed by atoms with Gasteiger partial charge in [-0.1, -0.05) is 6.07 Å². The molecular weight excluding hydrogens is 428 g/mol. The van der Waals surface area contributed by atoms with Crippen LogP contribution in [0.15, 0.2) is 52.3 Å². The third-order valence-electron chi connectivity index (χ3n) is 5.23. The van der Waals surface area contributed by atoms with Gasteiger partial charge in [0, 0.05) is 19.1 Å². The SMILES string of the molecule is CC(NS(=O)(=O)c1ccc(S(=O)(=O)N2CCCC2)cc1)c1ccc2c(c1)OCCO2. The minimum atomic E-state index is -3.84. The van der Waals surface area contributed by atoms with Gasteiger partial charge in [0.15, 0.2) is 11.5 Å². The van der Waals surface area contributed by atoms with Gasteiger partial charge in [0.2, 0.25) is 20.0 Å². The standard InChI is InChI=1S/C20H24N2O6S2/c1-15(16-4-9-19-20(14-16)28-13-12-27-19)21-29(23,24)17-5-7-18(8-6-17)30(25,26)22-10-2-3-11-22/h4-9,14-15,21H,2-3,10-13H2,1H3. The Morgan fingerprint density at radius 1 is 0.867 bits per heavy atom. The van der Waals surface area contributed by atoms with Gasteiger partial charge in [-0.25, -0.2) is 21.6 Å². The summed E-state index contributed by atoms with van der Waals surface area (Å²) < 4.78 is 65.9. The number of rotatable bonds is 6. The highest BCUT2D eigenvalue weighted by molar-refractivity contribution is 7.89. The average molecular weight is 453 g/mol. The fraction of sp³-hybridized carbons (Fsp3) is 0.400. The van der Waals surface area contributed by atoms with Crippen molar-refractivity contribution in [2.45, 2.75) is 35.6 Å². The van der Waals surface area contributed by atoms with E-state index in [0.717, 1.165) is 18.4 Å². The highest BCUT2D eigenvalue weighted by atomic mass is 32.2. The number of sulfonamides is 2. The molecule has 4 rings (SSSR count). The second-order valence-corrected chi connectivity index (χ2v) is 11.0. The van der Waals surface area contributed by atoms with E-state index in [1.165, 1.54) is 28.6 Å². The number of hydrogen-bond donors (Lipinski definition) is 1. The molecule has 0 amide bonds. The van der Waals surface area contributed by atoms with E-state index >= 15 is 0 Å². The molecule has 1 saturated heterocycles.